The first-order valence-electron chi connectivity index (χ1n) is 7.43. The van der Waals surface area contributed by atoms with Gasteiger partial charge in [0.2, 0.25) is 0 Å². The molecule has 0 heterocycles. The van der Waals surface area contributed by atoms with Crippen molar-refractivity contribution in [3.8, 4) is 5.75 Å². The number of benzene rings is 2. The van der Waals surface area contributed by atoms with E-state index in [0.29, 0.717) is 6.04 Å². The number of rotatable bonds is 4. The standard InChI is InChI=1S/C18H24N2O/c1-12(2)19-18(20-13(3)4)16-10-11-17(21-5)15-9-7-6-8-14(15)16/h6-13H,1-5H3,(H,19,20). The minimum Gasteiger partial charge on any atom is -0.496 e. The first-order chi connectivity index (χ1) is 10.0. The van der Waals surface area contributed by atoms with Gasteiger partial charge in [0, 0.05) is 23.0 Å². The highest BCUT2D eigenvalue weighted by Crippen LogP contribution is 2.28. The van der Waals surface area contributed by atoms with Crippen molar-refractivity contribution in [2.45, 2.75) is 39.8 Å². The van der Waals surface area contributed by atoms with Crippen molar-refractivity contribution in [2.24, 2.45) is 4.99 Å². The van der Waals surface area contributed by atoms with Crippen LogP contribution in [-0.2, 0) is 0 Å². The molecule has 0 amide bonds. The quantitative estimate of drug-likeness (QED) is 0.680. The fraction of sp³-hybridized carbons (Fsp3) is 0.389. The molecule has 0 aliphatic rings. The van der Waals surface area contributed by atoms with Crippen LogP contribution in [0.1, 0.15) is 33.3 Å². The van der Waals surface area contributed by atoms with Gasteiger partial charge < -0.3 is 10.1 Å². The molecule has 0 bridgehead atoms. The summed E-state index contributed by atoms with van der Waals surface area (Å²) in [4.78, 5) is 4.76. The van der Waals surface area contributed by atoms with E-state index in [1.165, 1.54) is 0 Å². The van der Waals surface area contributed by atoms with E-state index in [9.17, 15) is 0 Å². The van der Waals surface area contributed by atoms with Gasteiger partial charge in [-0.3, -0.25) is 4.99 Å². The molecule has 0 fully saturated rings. The molecular weight excluding hydrogens is 260 g/mol. The molecule has 0 atom stereocenters. The average molecular weight is 284 g/mol. The highest BCUT2D eigenvalue weighted by atomic mass is 16.5. The second-order valence-corrected chi connectivity index (χ2v) is 5.73. The smallest absolute Gasteiger partial charge is 0.129 e. The minimum atomic E-state index is 0.243. The Morgan fingerprint density at radius 1 is 1.00 bits per heavy atom. The summed E-state index contributed by atoms with van der Waals surface area (Å²) in [5, 5.41) is 5.73. The van der Waals surface area contributed by atoms with Crippen LogP contribution in [0.5, 0.6) is 5.75 Å². The molecule has 1 N–H and O–H groups in total. The van der Waals surface area contributed by atoms with Crippen LogP contribution in [0.3, 0.4) is 0 Å². The molecule has 2 aromatic carbocycles. The van der Waals surface area contributed by atoms with Crippen molar-refractivity contribution in [3.05, 3.63) is 42.0 Å². The number of hydrogen-bond acceptors (Lipinski definition) is 2. The second-order valence-electron chi connectivity index (χ2n) is 5.73. The van der Waals surface area contributed by atoms with E-state index < -0.39 is 0 Å². The Hall–Kier alpha value is -2.03. The molecule has 0 saturated carbocycles. The summed E-state index contributed by atoms with van der Waals surface area (Å²) in [6.07, 6.45) is 0. The molecule has 2 aromatic rings. The van der Waals surface area contributed by atoms with E-state index in [2.05, 4.69) is 51.2 Å². The number of nitrogens with one attached hydrogen (secondary N) is 1. The van der Waals surface area contributed by atoms with E-state index in [4.69, 9.17) is 9.73 Å². The number of hydrogen-bond donors (Lipinski definition) is 1. The van der Waals surface area contributed by atoms with E-state index >= 15 is 0 Å². The Morgan fingerprint density at radius 2 is 1.67 bits per heavy atom. The molecule has 0 aliphatic carbocycles. The van der Waals surface area contributed by atoms with Crippen molar-refractivity contribution in [1.29, 1.82) is 0 Å². The zero-order chi connectivity index (χ0) is 15.4. The second kappa shape index (κ2) is 6.61. The molecule has 112 valence electrons. The van der Waals surface area contributed by atoms with Crippen molar-refractivity contribution >= 4 is 16.6 Å². The van der Waals surface area contributed by atoms with Crippen LogP contribution in [0.2, 0.25) is 0 Å². The maximum absolute atomic E-state index is 5.46. The minimum absolute atomic E-state index is 0.243. The Morgan fingerprint density at radius 3 is 2.24 bits per heavy atom. The predicted octanol–water partition coefficient (Wildman–Crippen LogP) is 4.00. The predicted molar refractivity (Wildman–Crippen MR) is 90.4 cm³/mol. The number of aliphatic imine (C=N–C) groups is 1. The molecule has 0 aliphatic heterocycles. The molecule has 3 nitrogen and oxygen atoms in total. The lowest BCUT2D eigenvalue weighted by Gasteiger charge is -2.17. The van der Waals surface area contributed by atoms with Crippen molar-refractivity contribution in [2.75, 3.05) is 7.11 Å². The van der Waals surface area contributed by atoms with Gasteiger partial charge in [0.1, 0.15) is 11.6 Å². The molecule has 0 saturated heterocycles. The lowest BCUT2D eigenvalue weighted by Crippen LogP contribution is -2.32. The lowest BCUT2D eigenvalue weighted by molar-refractivity contribution is 0.420. The zero-order valence-electron chi connectivity index (χ0n) is 13.5. The summed E-state index contributed by atoms with van der Waals surface area (Å²) in [6.45, 7) is 8.44. The van der Waals surface area contributed by atoms with Gasteiger partial charge in [0.05, 0.1) is 7.11 Å². The first-order valence-corrected chi connectivity index (χ1v) is 7.43. The number of methoxy groups -OCH3 is 1. The van der Waals surface area contributed by atoms with E-state index in [-0.39, 0.29) is 6.04 Å². The first kappa shape index (κ1) is 15.4. The third-order valence-electron chi connectivity index (χ3n) is 3.17. The molecule has 2 rings (SSSR count). The molecule has 3 heteroatoms. The van der Waals surface area contributed by atoms with Crippen LogP contribution in [-0.4, -0.2) is 25.0 Å². The van der Waals surface area contributed by atoms with Gasteiger partial charge in [-0.25, -0.2) is 0 Å². The number of nitrogens with zero attached hydrogens (tertiary/aromatic N) is 1. The SMILES string of the molecule is COc1ccc(C(=NC(C)C)NC(C)C)c2ccccc12. The van der Waals surface area contributed by atoms with Crippen molar-refractivity contribution in [3.63, 3.8) is 0 Å². The number of fused-ring (bicyclic) bond motifs is 1. The molecule has 0 spiro atoms. The van der Waals surface area contributed by atoms with Crippen molar-refractivity contribution < 1.29 is 4.74 Å². The van der Waals surface area contributed by atoms with Crippen LogP contribution < -0.4 is 10.1 Å². The largest absolute Gasteiger partial charge is 0.496 e. The highest BCUT2D eigenvalue weighted by Gasteiger charge is 2.12. The van der Waals surface area contributed by atoms with Gasteiger partial charge in [0.25, 0.3) is 0 Å². The maximum atomic E-state index is 5.46. The summed E-state index contributed by atoms with van der Waals surface area (Å²) in [5.74, 6) is 1.83. The topological polar surface area (TPSA) is 33.6 Å². The monoisotopic (exact) mass is 284 g/mol. The van der Waals surface area contributed by atoms with Crippen LogP contribution in [0.15, 0.2) is 41.4 Å². The third kappa shape index (κ3) is 3.54. The Labute approximate surface area is 127 Å². The molecule has 21 heavy (non-hydrogen) atoms. The fourth-order valence-corrected chi connectivity index (χ4v) is 2.37. The Kier molecular flexibility index (Phi) is 4.84. The highest BCUT2D eigenvalue weighted by molar-refractivity contribution is 6.11. The van der Waals surface area contributed by atoms with E-state index in [1.54, 1.807) is 7.11 Å². The van der Waals surface area contributed by atoms with Gasteiger partial charge >= 0.3 is 0 Å². The van der Waals surface area contributed by atoms with Crippen LogP contribution in [0, 0.1) is 0 Å². The van der Waals surface area contributed by atoms with Crippen LogP contribution in [0.25, 0.3) is 10.8 Å². The van der Waals surface area contributed by atoms with Crippen molar-refractivity contribution in [1.82, 2.24) is 5.32 Å². The zero-order valence-corrected chi connectivity index (χ0v) is 13.5. The van der Waals surface area contributed by atoms with E-state index in [1.807, 2.05) is 18.2 Å². The summed E-state index contributed by atoms with van der Waals surface area (Å²) in [6, 6.07) is 12.9. The van der Waals surface area contributed by atoms with E-state index in [0.717, 1.165) is 27.9 Å². The normalized spacial score (nSPS) is 12.2. The molecule has 0 unspecified atom stereocenters. The molecule has 0 radical (unpaired) electrons. The third-order valence-corrected chi connectivity index (χ3v) is 3.17. The Bertz CT molecular complexity index is 645. The van der Waals surface area contributed by atoms with Gasteiger partial charge in [-0.05, 0) is 45.2 Å². The Balaban J connectivity index is 2.63. The van der Waals surface area contributed by atoms with Gasteiger partial charge in [-0.2, -0.15) is 0 Å². The van der Waals surface area contributed by atoms with Gasteiger partial charge in [-0.1, -0.05) is 24.3 Å². The summed E-state index contributed by atoms with van der Waals surface area (Å²) >= 11 is 0. The molecule has 0 aromatic heterocycles. The summed E-state index contributed by atoms with van der Waals surface area (Å²) in [7, 11) is 1.71. The maximum Gasteiger partial charge on any atom is 0.129 e. The van der Waals surface area contributed by atoms with Crippen LogP contribution in [0.4, 0.5) is 0 Å². The van der Waals surface area contributed by atoms with Gasteiger partial charge in [0.15, 0.2) is 0 Å². The van der Waals surface area contributed by atoms with Crippen LogP contribution >= 0.6 is 0 Å². The average Bonchev–Trinajstić information content (AvgIpc) is 2.44. The van der Waals surface area contributed by atoms with Gasteiger partial charge in [-0.15, -0.1) is 0 Å². The molecular formula is C18H24N2O. The summed E-state index contributed by atoms with van der Waals surface area (Å²) < 4.78 is 5.46. The number of amidine groups is 1. The summed E-state index contributed by atoms with van der Waals surface area (Å²) in [5.41, 5.74) is 1.12. The number of ether oxygens (including phenoxy) is 1. The lowest BCUT2D eigenvalue weighted by atomic mass is 10.0. The fourth-order valence-electron chi connectivity index (χ4n) is 2.37.